The largest absolute Gasteiger partial charge is 0.480 e. The van der Waals surface area contributed by atoms with Crippen LogP contribution in [0.1, 0.15) is 70.0 Å². The van der Waals surface area contributed by atoms with Crippen LogP contribution in [0.15, 0.2) is 48.5 Å². The quantitative estimate of drug-likeness (QED) is 0.514. The minimum absolute atomic E-state index is 0.145. The van der Waals surface area contributed by atoms with Crippen molar-refractivity contribution in [2.75, 3.05) is 13.1 Å². The fourth-order valence-electron chi connectivity index (χ4n) is 4.09. The maximum Gasteiger partial charge on any atom is 0.410 e. The van der Waals surface area contributed by atoms with E-state index < -0.39 is 11.2 Å². The van der Waals surface area contributed by atoms with E-state index >= 15 is 0 Å². The minimum Gasteiger partial charge on any atom is -0.480 e. The molecule has 2 aromatic carbocycles. The van der Waals surface area contributed by atoms with Crippen LogP contribution >= 0.6 is 0 Å². The molecule has 0 saturated carbocycles. The Hall–Kier alpha value is -3.35. The standard InChI is InChI=1S/C11H12O2.C10H10O2.C7H13NO2/c1-11(2)10(12)7-8-5-3-4-6-9(8)13-11;1-10(2)8-6-4-3-5-7(8)9(11)12-10;1-4-8-5-7(2,3)10-6(8)9/h3-6H,7H2,1-2H3;3-6H,1-2H3;4-5H2,1-3H3. The molecule has 3 aliphatic rings. The molecular weight excluding hydrogens is 446 g/mol. The van der Waals surface area contributed by atoms with Crippen molar-refractivity contribution in [2.24, 2.45) is 0 Å². The van der Waals surface area contributed by atoms with Gasteiger partial charge in [0.15, 0.2) is 11.4 Å². The lowest BCUT2D eigenvalue weighted by atomic mass is 9.93. The summed E-state index contributed by atoms with van der Waals surface area (Å²) in [6.07, 6.45) is 0.302. The summed E-state index contributed by atoms with van der Waals surface area (Å²) in [7, 11) is 0. The lowest BCUT2D eigenvalue weighted by molar-refractivity contribution is -0.132. The molecule has 0 N–H and O–H groups in total. The Labute approximate surface area is 207 Å². The number of hydrogen-bond acceptors (Lipinski definition) is 6. The Balaban J connectivity index is 0.000000148. The van der Waals surface area contributed by atoms with E-state index in [4.69, 9.17) is 14.2 Å². The number of rotatable bonds is 1. The van der Waals surface area contributed by atoms with Gasteiger partial charge in [0.2, 0.25) is 0 Å². The highest BCUT2D eigenvalue weighted by atomic mass is 16.6. The molecule has 188 valence electrons. The van der Waals surface area contributed by atoms with E-state index in [2.05, 4.69) is 0 Å². The number of carbonyl (C=O) groups excluding carboxylic acids is 3. The zero-order valence-electron chi connectivity index (χ0n) is 21.6. The van der Waals surface area contributed by atoms with Crippen LogP contribution in [0.3, 0.4) is 0 Å². The van der Waals surface area contributed by atoms with Crippen molar-refractivity contribution >= 4 is 17.8 Å². The van der Waals surface area contributed by atoms with E-state index in [1.807, 2.05) is 90.9 Å². The summed E-state index contributed by atoms with van der Waals surface area (Å²) < 4.78 is 15.8. The molecule has 0 aromatic heterocycles. The molecule has 1 amide bonds. The SMILES string of the molecule is CC1(C)OC(=O)c2ccccc21.CC1(C)Oc2ccccc2CC1=O.CCN1CC(C)(C)OC1=O. The van der Waals surface area contributed by atoms with E-state index in [-0.39, 0.29) is 23.4 Å². The molecule has 5 rings (SSSR count). The molecule has 3 heterocycles. The number of carbonyl (C=O) groups is 3. The Morgan fingerprint density at radius 1 is 0.800 bits per heavy atom. The van der Waals surface area contributed by atoms with E-state index in [0.717, 1.165) is 23.4 Å². The number of cyclic esters (lactones) is 2. The van der Waals surface area contributed by atoms with Crippen LogP contribution in [0.4, 0.5) is 4.79 Å². The third-order valence-electron chi connectivity index (χ3n) is 6.08. The number of nitrogens with zero attached hydrogens (tertiary/aromatic N) is 1. The molecule has 7 heteroatoms. The first-order valence-corrected chi connectivity index (χ1v) is 11.9. The molecule has 2 aromatic rings. The molecular formula is C28H35NO6. The first-order valence-electron chi connectivity index (χ1n) is 11.9. The molecule has 35 heavy (non-hydrogen) atoms. The van der Waals surface area contributed by atoms with Gasteiger partial charge in [0.05, 0.1) is 12.1 Å². The lowest BCUT2D eigenvalue weighted by Crippen LogP contribution is -2.42. The first kappa shape index (κ1) is 26.3. The van der Waals surface area contributed by atoms with Crippen molar-refractivity contribution in [3.63, 3.8) is 0 Å². The maximum atomic E-state index is 11.6. The second-order valence-electron chi connectivity index (χ2n) is 10.4. The highest BCUT2D eigenvalue weighted by Gasteiger charge is 2.37. The molecule has 0 aliphatic carbocycles. The highest BCUT2D eigenvalue weighted by Crippen LogP contribution is 2.35. The van der Waals surface area contributed by atoms with Gasteiger partial charge in [0.25, 0.3) is 0 Å². The second kappa shape index (κ2) is 9.72. The van der Waals surface area contributed by atoms with Crippen molar-refractivity contribution in [2.45, 2.75) is 71.7 Å². The Morgan fingerprint density at radius 2 is 1.43 bits per heavy atom. The predicted molar refractivity (Wildman–Crippen MR) is 133 cm³/mol. The summed E-state index contributed by atoms with van der Waals surface area (Å²) in [5.41, 5.74) is 1.28. The number of benzene rings is 2. The molecule has 3 aliphatic heterocycles. The summed E-state index contributed by atoms with van der Waals surface area (Å²) in [6, 6.07) is 15.2. The van der Waals surface area contributed by atoms with Gasteiger partial charge in [-0.3, -0.25) is 4.79 Å². The van der Waals surface area contributed by atoms with Gasteiger partial charge in [-0.25, -0.2) is 9.59 Å². The van der Waals surface area contributed by atoms with Crippen LogP contribution in [-0.4, -0.2) is 47.0 Å². The van der Waals surface area contributed by atoms with Crippen LogP contribution in [0.2, 0.25) is 0 Å². The highest BCUT2D eigenvalue weighted by molar-refractivity contribution is 5.94. The summed E-state index contributed by atoms with van der Waals surface area (Å²) in [5, 5.41) is 0. The number of para-hydroxylation sites is 1. The third kappa shape index (κ3) is 6.02. The van der Waals surface area contributed by atoms with Crippen LogP contribution in [0, 0.1) is 0 Å². The van der Waals surface area contributed by atoms with Crippen molar-refractivity contribution in [1.82, 2.24) is 4.90 Å². The fourth-order valence-corrected chi connectivity index (χ4v) is 4.09. The van der Waals surface area contributed by atoms with Gasteiger partial charge in [0.1, 0.15) is 17.0 Å². The zero-order chi connectivity index (χ0) is 26.0. The summed E-state index contributed by atoms with van der Waals surface area (Å²) >= 11 is 0. The molecule has 0 atom stereocenters. The van der Waals surface area contributed by atoms with Crippen LogP contribution < -0.4 is 4.74 Å². The van der Waals surface area contributed by atoms with E-state index in [9.17, 15) is 14.4 Å². The summed E-state index contributed by atoms with van der Waals surface area (Å²) in [6.45, 7) is 14.7. The van der Waals surface area contributed by atoms with E-state index in [1.54, 1.807) is 11.0 Å². The van der Waals surface area contributed by atoms with Crippen molar-refractivity contribution in [3.05, 3.63) is 65.2 Å². The molecule has 1 fully saturated rings. The number of ether oxygens (including phenoxy) is 3. The number of fused-ring (bicyclic) bond motifs is 2. The van der Waals surface area contributed by atoms with Gasteiger partial charge >= 0.3 is 12.1 Å². The fraction of sp³-hybridized carbons (Fsp3) is 0.464. The molecule has 7 nitrogen and oxygen atoms in total. The van der Waals surface area contributed by atoms with Gasteiger partial charge in [0, 0.05) is 24.1 Å². The minimum atomic E-state index is -0.658. The lowest BCUT2D eigenvalue weighted by Gasteiger charge is -2.30. The van der Waals surface area contributed by atoms with E-state index in [0.29, 0.717) is 18.5 Å². The number of esters is 1. The average molecular weight is 482 g/mol. The normalized spacial score (nSPS) is 20.1. The number of Topliss-reactive ketones (excluding diaryl/α,β-unsaturated/α-hetero) is 1. The summed E-state index contributed by atoms with van der Waals surface area (Å²) in [5.74, 6) is 0.772. The Kier molecular flexibility index (Phi) is 7.29. The van der Waals surface area contributed by atoms with Gasteiger partial charge < -0.3 is 19.1 Å². The number of hydrogen-bond donors (Lipinski definition) is 0. The van der Waals surface area contributed by atoms with Gasteiger partial charge in [-0.2, -0.15) is 0 Å². The van der Waals surface area contributed by atoms with Crippen molar-refractivity contribution in [1.29, 1.82) is 0 Å². The average Bonchev–Trinajstić information content (AvgIpc) is 3.19. The predicted octanol–water partition coefficient (Wildman–Crippen LogP) is 5.30. The number of likely N-dealkylation sites (N-methyl/N-ethyl adjacent to an activating group) is 1. The van der Waals surface area contributed by atoms with Gasteiger partial charge in [-0.15, -0.1) is 0 Å². The van der Waals surface area contributed by atoms with Crippen LogP contribution in [0.25, 0.3) is 0 Å². The monoisotopic (exact) mass is 481 g/mol. The van der Waals surface area contributed by atoms with Crippen LogP contribution in [0.5, 0.6) is 5.75 Å². The smallest absolute Gasteiger partial charge is 0.410 e. The second-order valence-corrected chi connectivity index (χ2v) is 10.4. The Bertz CT molecular complexity index is 1120. The van der Waals surface area contributed by atoms with Gasteiger partial charge in [-0.05, 0) is 60.6 Å². The molecule has 0 spiro atoms. The molecule has 0 radical (unpaired) electrons. The topological polar surface area (TPSA) is 82.1 Å². The molecule has 0 bridgehead atoms. The number of amides is 1. The molecule has 0 unspecified atom stereocenters. The summed E-state index contributed by atoms with van der Waals surface area (Å²) in [4.78, 5) is 35.4. The number of ketones is 1. The van der Waals surface area contributed by atoms with Crippen molar-refractivity contribution in [3.8, 4) is 5.75 Å². The molecule has 1 saturated heterocycles. The van der Waals surface area contributed by atoms with E-state index in [1.165, 1.54) is 0 Å². The third-order valence-corrected chi connectivity index (χ3v) is 6.08. The van der Waals surface area contributed by atoms with Crippen molar-refractivity contribution < 1.29 is 28.6 Å². The zero-order valence-corrected chi connectivity index (χ0v) is 21.6. The maximum absolute atomic E-state index is 11.6. The van der Waals surface area contributed by atoms with Gasteiger partial charge in [-0.1, -0.05) is 36.4 Å². The van der Waals surface area contributed by atoms with Crippen LogP contribution in [-0.2, 0) is 26.3 Å². The Morgan fingerprint density at radius 3 is 2.00 bits per heavy atom. The first-order chi connectivity index (χ1) is 16.3.